The van der Waals surface area contributed by atoms with E-state index >= 15 is 0 Å². The molecular formula is C13H22N4O2. The van der Waals surface area contributed by atoms with Crippen LogP contribution in [0.4, 0.5) is 5.95 Å². The van der Waals surface area contributed by atoms with E-state index in [-0.39, 0.29) is 12.1 Å². The van der Waals surface area contributed by atoms with Gasteiger partial charge in [0.15, 0.2) is 0 Å². The number of nitrogens with two attached hydrogens (primary N) is 1. The van der Waals surface area contributed by atoms with Crippen molar-refractivity contribution in [1.82, 2.24) is 9.97 Å². The molecule has 2 unspecified atom stereocenters. The van der Waals surface area contributed by atoms with Crippen LogP contribution in [0.5, 0.6) is 5.88 Å². The van der Waals surface area contributed by atoms with Gasteiger partial charge in [-0.2, -0.15) is 4.98 Å². The van der Waals surface area contributed by atoms with Gasteiger partial charge in [-0.25, -0.2) is 4.98 Å². The topological polar surface area (TPSA) is 73.5 Å². The van der Waals surface area contributed by atoms with Crippen molar-refractivity contribution in [2.75, 3.05) is 31.2 Å². The summed E-state index contributed by atoms with van der Waals surface area (Å²) >= 11 is 0. The molecule has 0 bridgehead atoms. The fourth-order valence-electron chi connectivity index (χ4n) is 2.11. The van der Waals surface area contributed by atoms with E-state index in [0.717, 1.165) is 5.69 Å². The first-order chi connectivity index (χ1) is 9.13. The zero-order chi connectivity index (χ0) is 13.8. The number of morpholine rings is 1. The van der Waals surface area contributed by atoms with Crippen LogP contribution in [0.15, 0.2) is 6.07 Å². The minimum Gasteiger partial charge on any atom is -0.478 e. The average Bonchev–Trinajstić information content (AvgIpc) is 2.39. The van der Waals surface area contributed by atoms with Crippen LogP contribution in [0.25, 0.3) is 0 Å². The van der Waals surface area contributed by atoms with Crippen LogP contribution in [0, 0.1) is 6.92 Å². The normalized spacial score (nSPS) is 23.5. The Bertz CT molecular complexity index is 427. The van der Waals surface area contributed by atoms with Gasteiger partial charge in [0.1, 0.15) is 0 Å². The van der Waals surface area contributed by atoms with E-state index in [0.29, 0.717) is 38.1 Å². The van der Waals surface area contributed by atoms with Crippen molar-refractivity contribution in [1.29, 1.82) is 0 Å². The van der Waals surface area contributed by atoms with E-state index in [1.807, 2.05) is 19.9 Å². The Morgan fingerprint density at radius 1 is 1.53 bits per heavy atom. The Labute approximate surface area is 113 Å². The minimum atomic E-state index is 0.0378. The summed E-state index contributed by atoms with van der Waals surface area (Å²) in [7, 11) is 0. The Morgan fingerprint density at radius 2 is 2.32 bits per heavy atom. The van der Waals surface area contributed by atoms with E-state index in [1.54, 1.807) is 0 Å². The number of anilines is 1. The summed E-state index contributed by atoms with van der Waals surface area (Å²) in [5.41, 5.74) is 6.58. The number of hydrogen-bond acceptors (Lipinski definition) is 6. The predicted octanol–water partition coefficient (Wildman–Crippen LogP) is 0.736. The molecule has 2 rings (SSSR count). The third-order valence-corrected chi connectivity index (χ3v) is 3.14. The summed E-state index contributed by atoms with van der Waals surface area (Å²) in [6, 6.07) is 2.08. The maximum Gasteiger partial charge on any atom is 0.229 e. The average molecular weight is 266 g/mol. The summed E-state index contributed by atoms with van der Waals surface area (Å²) in [5, 5.41) is 0. The summed E-state index contributed by atoms with van der Waals surface area (Å²) in [6.45, 7) is 8.44. The maximum atomic E-state index is 5.68. The Balaban J connectivity index is 2.23. The molecule has 0 aromatic carbocycles. The lowest BCUT2D eigenvalue weighted by Crippen LogP contribution is -2.51. The van der Waals surface area contributed by atoms with Crippen molar-refractivity contribution >= 4 is 5.95 Å². The van der Waals surface area contributed by atoms with Crippen molar-refractivity contribution in [3.63, 3.8) is 0 Å². The standard InChI is InChI=1S/C13H22N4O2/c1-4-18-12-5-9(2)15-13(16-12)17-7-11(6-14)19-8-10(17)3/h5,10-11H,4,6-8,14H2,1-3H3. The molecule has 6 heteroatoms. The molecule has 1 fully saturated rings. The van der Waals surface area contributed by atoms with E-state index in [1.165, 1.54) is 0 Å². The fourth-order valence-corrected chi connectivity index (χ4v) is 2.11. The molecule has 0 amide bonds. The minimum absolute atomic E-state index is 0.0378. The lowest BCUT2D eigenvalue weighted by atomic mass is 10.2. The molecule has 106 valence electrons. The number of hydrogen-bond donors (Lipinski definition) is 1. The molecule has 2 N–H and O–H groups in total. The lowest BCUT2D eigenvalue weighted by molar-refractivity contribution is 0.0276. The van der Waals surface area contributed by atoms with Gasteiger partial charge in [0.25, 0.3) is 0 Å². The van der Waals surface area contributed by atoms with E-state index < -0.39 is 0 Å². The molecule has 2 atom stereocenters. The molecule has 0 spiro atoms. The third kappa shape index (κ3) is 3.33. The molecule has 0 aliphatic carbocycles. The largest absolute Gasteiger partial charge is 0.478 e. The summed E-state index contributed by atoms with van der Waals surface area (Å²) in [4.78, 5) is 11.1. The van der Waals surface area contributed by atoms with Crippen molar-refractivity contribution in [2.24, 2.45) is 5.73 Å². The van der Waals surface area contributed by atoms with Crippen LogP contribution < -0.4 is 15.4 Å². The number of ether oxygens (including phenoxy) is 2. The van der Waals surface area contributed by atoms with Crippen molar-refractivity contribution in [3.05, 3.63) is 11.8 Å². The first-order valence-electron chi connectivity index (χ1n) is 6.70. The third-order valence-electron chi connectivity index (χ3n) is 3.14. The van der Waals surface area contributed by atoms with Gasteiger partial charge in [-0.1, -0.05) is 0 Å². The summed E-state index contributed by atoms with van der Waals surface area (Å²) in [6.07, 6.45) is 0.0378. The molecule has 1 aromatic rings. The lowest BCUT2D eigenvalue weighted by Gasteiger charge is -2.37. The van der Waals surface area contributed by atoms with Crippen molar-refractivity contribution in [3.8, 4) is 5.88 Å². The Morgan fingerprint density at radius 3 is 3.00 bits per heavy atom. The number of aryl methyl sites for hydroxylation is 1. The van der Waals surface area contributed by atoms with Crippen LogP contribution >= 0.6 is 0 Å². The summed E-state index contributed by atoms with van der Waals surface area (Å²) in [5.74, 6) is 1.31. The SMILES string of the molecule is CCOc1cc(C)nc(N2CC(CN)OCC2C)n1. The maximum absolute atomic E-state index is 5.68. The van der Waals surface area contributed by atoms with Gasteiger partial charge < -0.3 is 20.1 Å². The van der Waals surface area contributed by atoms with Crippen LogP contribution in [0.1, 0.15) is 19.5 Å². The highest BCUT2D eigenvalue weighted by molar-refractivity contribution is 5.36. The van der Waals surface area contributed by atoms with E-state index in [4.69, 9.17) is 15.2 Å². The molecule has 2 heterocycles. The Kier molecular flexibility index (Phi) is 4.55. The van der Waals surface area contributed by atoms with Gasteiger partial charge in [0.2, 0.25) is 11.8 Å². The molecule has 0 saturated carbocycles. The van der Waals surface area contributed by atoms with Crippen LogP contribution in [-0.2, 0) is 4.74 Å². The highest BCUT2D eigenvalue weighted by atomic mass is 16.5. The molecule has 0 radical (unpaired) electrons. The first kappa shape index (κ1) is 14.0. The number of nitrogens with zero attached hydrogens (tertiary/aromatic N) is 3. The number of aromatic nitrogens is 2. The van der Waals surface area contributed by atoms with Gasteiger partial charge in [0.05, 0.1) is 25.4 Å². The highest BCUT2D eigenvalue weighted by Gasteiger charge is 2.27. The molecule has 1 aliphatic heterocycles. The zero-order valence-electron chi connectivity index (χ0n) is 11.8. The van der Waals surface area contributed by atoms with Gasteiger partial charge >= 0.3 is 0 Å². The second-order valence-corrected chi connectivity index (χ2v) is 4.77. The summed E-state index contributed by atoms with van der Waals surface area (Å²) < 4.78 is 11.1. The van der Waals surface area contributed by atoms with E-state index in [2.05, 4.69) is 21.8 Å². The number of rotatable bonds is 4. The van der Waals surface area contributed by atoms with E-state index in [9.17, 15) is 0 Å². The molecule has 6 nitrogen and oxygen atoms in total. The molecule has 1 aromatic heterocycles. The first-order valence-corrected chi connectivity index (χ1v) is 6.70. The zero-order valence-corrected chi connectivity index (χ0v) is 11.8. The molecule has 1 saturated heterocycles. The van der Waals surface area contributed by atoms with Crippen molar-refractivity contribution < 1.29 is 9.47 Å². The van der Waals surface area contributed by atoms with Crippen LogP contribution in [-0.4, -0.2) is 48.4 Å². The molecule has 19 heavy (non-hydrogen) atoms. The van der Waals surface area contributed by atoms with Crippen LogP contribution in [0.3, 0.4) is 0 Å². The van der Waals surface area contributed by atoms with Crippen molar-refractivity contribution in [2.45, 2.75) is 32.9 Å². The van der Waals surface area contributed by atoms with Gasteiger partial charge in [-0.3, -0.25) is 0 Å². The van der Waals surface area contributed by atoms with Crippen LogP contribution in [0.2, 0.25) is 0 Å². The predicted molar refractivity (Wildman–Crippen MR) is 73.5 cm³/mol. The second kappa shape index (κ2) is 6.16. The molecule has 1 aliphatic rings. The van der Waals surface area contributed by atoms with Gasteiger partial charge in [-0.05, 0) is 20.8 Å². The molecular weight excluding hydrogens is 244 g/mol. The van der Waals surface area contributed by atoms with Gasteiger partial charge in [0, 0.05) is 24.8 Å². The highest BCUT2D eigenvalue weighted by Crippen LogP contribution is 2.21. The Hall–Kier alpha value is -1.40. The second-order valence-electron chi connectivity index (χ2n) is 4.77. The smallest absolute Gasteiger partial charge is 0.229 e. The van der Waals surface area contributed by atoms with Gasteiger partial charge in [-0.15, -0.1) is 0 Å². The quantitative estimate of drug-likeness (QED) is 0.866. The monoisotopic (exact) mass is 266 g/mol. The fraction of sp³-hybridized carbons (Fsp3) is 0.692.